The van der Waals surface area contributed by atoms with Gasteiger partial charge in [-0.3, -0.25) is 4.79 Å². The van der Waals surface area contributed by atoms with Crippen LogP contribution in [0.4, 0.5) is 0 Å². The lowest BCUT2D eigenvalue weighted by atomic mass is 10.1. The number of aromatic nitrogens is 3. The van der Waals surface area contributed by atoms with Crippen molar-refractivity contribution in [2.75, 3.05) is 7.11 Å². The minimum absolute atomic E-state index is 0.214. The molecule has 31 heavy (non-hydrogen) atoms. The number of para-hydroxylation sites is 1. The molecule has 1 aromatic carbocycles. The SMILES string of the molecule is COC(=O)c1c(C)[nH]c(C(=O)[C@@H](C)OC(=O)c2c(C)nn(-c3ccccc3)c2C)c1C. The first-order valence-electron chi connectivity index (χ1n) is 9.81. The van der Waals surface area contributed by atoms with Gasteiger partial charge in [0.2, 0.25) is 5.78 Å². The van der Waals surface area contributed by atoms with E-state index in [4.69, 9.17) is 9.47 Å². The number of methoxy groups -OCH3 is 1. The molecule has 8 nitrogen and oxygen atoms in total. The second-order valence-electron chi connectivity index (χ2n) is 7.32. The van der Waals surface area contributed by atoms with Gasteiger partial charge in [-0.15, -0.1) is 0 Å². The fraction of sp³-hybridized carbons (Fsp3) is 0.304. The summed E-state index contributed by atoms with van der Waals surface area (Å²) in [6.07, 6.45) is -1.06. The van der Waals surface area contributed by atoms with E-state index < -0.39 is 23.8 Å². The zero-order valence-corrected chi connectivity index (χ0v) is 18.4. The van der Waals surface area contributed by atoms with E-state index in [1.165, 1.54) is 14.0 Å². The Morgan fingerprint density at radius 2 is 1.65 bits per heavy atom. The Kier molecular flexibility index (Phi) is 6.10. The Labute approximate surface area is 180 Å². The van der Waals surface area contributed by atoms with E-state index in [9.17, 15) is 14.4 Å². The number of hydrogen-bond donors (Lipinski definition) is 1. The normalized spacial score (nSPS) is 11.8. The lowest BCUT2D eigenvalue weighted by Crippen LogP contribution is -2.26. The number of Topliss-reactive ketones (excluding diaryl/α,β-unsaturated/α-hetero) is 1. The van der Waals surface area contributed by atoms with E-state index in [1.807, 2.05) is 30.3 Å². The maximum atomic E-state index is 12.9. The predicted molar refractivity (Wildman–Crippen MR) is 114 cm³/mol. The van der Waals surface area contributed by atoms with Gasteiger partial charge in [-0.1, -0.05) is 18.2 Å². The Morgan fingerprint density at radius 1 is 1.00 bits per heavy atom. The highest BCUT2D eigenvalue weighted by Gasteiger charge is 2.29. The van der Waals surface area contributed by atoms with Crippen molar-refractivity contribution in [2.45, 2.75) is 40.7 Å². The molecule has 0 radical (unpaired) electrons. The van der Waals surface area contributed by atoms with Gasteiger partial charge in [0.05, 0.1) is 35.4 Å². The Balaban J connectivity index is 1.84. The molecule has 3 rings (SSSR count). The van der Waals surface area contributed by atoms with Crippen LogP contribution < -0.4 is 0 Å². The molecule has 0 unspecified atom stereocenters. The number of aromatic amines is 1. The number of carbonyl (C=O) groups is 3. The van der Waals surface area contributed by atoms with Crippen LogP contribution in [0.3, 0.4) is 0 Å². The molecule has 0 aliphatic carbocycles. The third-order valence-corrected chi connectivity index (χ3v) is 5.22. The minimum atomic E-state index is -1.06. The summed E-state index contributed by atoms with van der Waals surface area (Å²) >= 11 is 0. The number of nitrogens with zero attached hydrogens (tertiary/aromatic N) is 2. The fourth-order valence-corrected chi connectivity index (χ4v) is 3.64. The number of rotatable bonds is 6. The van der Waals surface area contributed by atoms with Gasteiger partial charge < -0.3 is 14.5 Å². The van der Waals surface area contributed by atoms with Crippen LogP contribution in [0.25, 0.3) is 5.69 Å². The van der Waals surface area contributed by atoms with E-state index in [2.05, 4.69) is 10.1 Å². The second kappa shape index (κ2) is 8.59. The van der Waals surface area contributed by atoms with Crippen LogP contribution in [-0.4, -0.2) is 45.7 Å². The summed E-state index contributed by atoms with van der Waals surface area (Å²) in [7, 11) is 1.28. The Bertz CT molecular complexity index is 1160. The highest BCUT2D eigenvalue weighted by Crippen LogP contribution is 2.23. The van der Waals surface area contributed by atoms with Crippen LogP contribution in [0.5, 0.6) is 0 Å². The molecule has 1 atom stereocenters. The van der Waals surface area contributed by atoms with Crippen LogP contribution >= 0.6 is 0 Å². The average Bonchev–Trinajstić information content (AvgIpc) is 3.21. The molecule has 0 aliphatic heterocycles. The predicted octanol–water partition coefficient (Wildman–Crippen LogP) is 3.65. The Morgan fingerprint density at radius 3 is 2.26 bits per heavy atom. The summed E-state index contributed by atoms with van der Waals surface area (Å²) in [5.74, 6) is -1.60. The Hall–Kier alpha value is -3.68. The van der Waals surface area contributed by atoms with Crippen molar-refractivity contribution < 1.29 is 23.9 Å². The van der Waals surface area contributed by atoms with Gasteiger partial charge in [-0.05, 0) is 52.3 Å². The molecule has 0 spiro atoms. The number of carbonyl (C=O) groups excluding carboxylic acids is 3. The van der Waals surface area contributed by atoms with Gasteiger partial charge in [-0.2, -0.15) is 5.10 Å². The van der Waals surface area contributed by atoms with Crippen molar-refractivity contribution in [1.29, 1.82) is 0 Å². The summed E-state index contributed by atoms with van der Waals surface area (Å²) in [5, 5.41) is 4.44. The minimum Gasteiger partial charge on any atom is -0.465 e. The van der Waals surface area contributed by atoms with Crippen molar-refractivity contribution >= 4 is 17.7 Å². The molecule has 2 heterocycles. The zero-order chi connectivity index (χ0) is 22.9. The maximum absolute atomic E-state index is 12.9. The van der Waals surface area contributed by atoms with Crippen molar-refractivity contribution in [2.24, 2.45) is 0 Å². The summed E-state index contributed by atoms with van der Waals surface area (Å²) in [6, 6.07) is 9.43. The average molecular weight is 423 g/mol. The lowest BCUT2D eigenvalue weighted by Gasteiger charge is -2.12. The van der Waals surface area contributed by atoms with E-state index in [1.54, 1.807) is 32.4 Å². The quantitative estimate of drug-likeness (QED) is 0.479. The molecule has 2 aromatic heterocycles. The van der Waals surface area contributed by atoms with Gasteiger partial charge >= 0.3 is 11.9 Å². The van der Waals surface area contributed by atoms with Crippen molar-refractivity contribution in [3.63, 3.8) is 0 Å². The number of esters is 2. The van der Waals surface area contributed by atoms with Crippen molar-refractivity contribution in [3.05, 3.63) is 69.8 Å². The summed E-state index contributed by atoms with van der Waals surface area (Å²) in [5.41, 5.74) is 3.76. The molecular formula is C23H25N3O5. The largest absolute Gasteiger partial charge is 0.465 e. The van der Waals surface area contributed by atoms with E-state index in [0.717, 1.165) is 5.69 Å². The maximum Gasteiger partial charge on any atom is 0.342 e. The number of aryl methyl sites for hydroxylation is 2. The molecule has 3 aromatic rings. The second-order valence-corrected chi connectivity index (χ2v) is 7.32. The molecule has 0 aliphatic rings. The molecule has 8 heteroatoms. The highest BCUT2D eigenvalue weighted by molar-refractivity contribution is 6.04. The number of ketones is 1. The summed E-state index contributed by atoms with van der Waals surface area (Å²) in [6.45, 7) is 8.32. The van der Waals surface area contributed by atoms with Crippen molar-refractivity contribution in [1.82, 2.24) is 14.8 Å². The first-order valence-corrected chi connectivity index (χ1v) is 9.81. The van der Waals surface area contributed by atoms with Crippen LogP contribution in [-0.2, 0) is 9.47 Å². The molecule has 0 bridgehead atoms. The first kappa shape index (κ1) is 22.0. The number of H-pyrrole nitrogens is 1. The number of ether oxygens (including phenoxy) is 2. The molecular weight excluding hydrogens is 398 g/mol. The molecule has 0 saturated carbocycles. The molecule has 0 fully saturated rings. The van der Waals surface area contributed by atoms with Crippen molar-refractivity contribution in [3.8, 4) is 5.69 Å². The van der Waals surface area contributed by atoms with E-state index in [0.29, 0.717) is 33.8 Å². The van der Waals surface area contributed by atoms with Gasteiger partial charge in [0.15, 0.2) is 6.10 Å². The smallest absolute Gasteiger partial charge is 0.342 e. The fourth-order valence-electron chi connectivity index (χ4n) is 3.64. The topological polar surface area (TPSA) is 103 Å². The summed E-state index contributed by atoms with van der Waals surface area (Å²) < 4.78 is 11.9. The van der Waals surface area contributed by atoms with Crippen LogP contribution in [0.2, 0.25) is 0 Å². The number of benzene rings is 1. The van der Waals surface area contributed by atoms with E-state index in [-0.39, 0.29) is 5.69 Å². The third kappa shape index (κ3) is 4.01. The van der Waals surface area contributed by atoms with Gasteiger partial charge in [-0.25, -0.2) is 14.3 Å². The number of nitrogens with one attached hydrogen (secondary N) is 1. The molecule has 0 amide bonds. The molecule has 1 N–H and O–H groups in total. The zero-order valence-electron chi connectivity index (χ0n) is 18.4. The van der Waals surface area contributed by atoms with Gasteiger partial charge in [0.25, 0.3) is 0 Å². The highest BCUT2D eigenvalue weighted by atomic mass is 16.5. The van der Waals surface area contributed by atoms with Gasteiger partial charge in [0, 0.05) is 5.69 Å². The third-order valence-electron chi connectivity index (χ3n) is 5.22. The standard InChI is InChI=1S/C23H25N3O5/c1-12-18(22(28)30-6)13(2)24-20(12)21(27)16(5)31-23(29)19-14(3)25-26(15(19)4)17-10-8-7-9-11-17/h7-11,16,24H,1-6H3/t16-/m1/s1. The number of hydrogen-bond acceptors (Lipinski definition) is 6. The van der Waals surface area contributed by atoms with E-state index >= 15 is 0 Å². The van der Waals surface area contributed by atoms with Gasteiger partial charge in [0.1, 0.15) is 5.56 Å². The monoisotopic (exact) mass is 423 g/mol. The first-order chi connectivity index (χ1) is 14.7. The van der Waals surface area contributed by atoms with Crippen LogP contribution in [0, 0.1) is 27.7 Å². The molecule has 0 saturated heterocycles. The molecule has 162 valence electrons. The summed E-state index contributed by atoms with van der Waals surface area (Å²) in [4.78, 5) is 40.7. The lowest BCUT2D eigenvalue weighted by molar-refractivity contribution is 0.0315. The van der Waals surface area contributed by atoms with Crippen LogP contribution in [0.1, 0.15) is 60.8 Å². The van der Waals surface area contributed by atoms with Crippen LogP contribution in [0.15, 0.2) is 30.3 Å².